The highest BCUT2D eigenvalue weighted by Gasteiger charge is 2.08. The van der Waals surface area contributed by atoms with Crippen molar-refractivity contribution >= 4 is 22.9 Å². The molecule has 2 N–H and O–H groups in total. The van der Waals surface area contributed by atoms with Crippen molar-refractivity contribution in [2.45, 2.75) is 19.3 Å². The average molecular weight is 276 g/mol. The van der Waals surface area contributed by atoms with Crippen molar-refractivity contribution in [1.29, 1.82) is 0 Å². The SMILES string of the molecule is Cn1nnc2cc(C(=O)NCCCCC(=O)O)ccc21. The number of aliphatic carboxylic acids is 1. The molecule has 0 saturated heterocycles. The summed E-state index contributed by atoms with van der Waals surface area (Å²) in [5.41, 5.74) is 2.06. The van der Waals surface area contributed by atoms with E-state index < -0.39 is 5.97 Å². The normalized spacial score (nSPS) is 10.7. The van der Waals surface area contributed by atoms with Crippen molar-refractivity contribution < 1.29 is 14.7 Å². The van der Waals surface area contributed by atoms with Gasteiger partial charge in [0.1, 0.15) is 5.52 Å². The highest BCUT2D eigenvalue weighted by atomic mass is 16.4. The average Bonchev–Trinajstić information content (AvgIpc) is 2.79. The minimum atomic E-state index is -0.815. The van der Waals surface area contributed by atoms with Crippen LogP contribution in [0.25, 0.3) is 11.0 Å². The van der Waals surface area contributed by atoms with Gasteiger partial charge in [0, 0.05) is 25.6 Å². The first kappa shape index (κ1) is 14.0. The number of carbonyl (C=O) groups is 2. The first-order valence-corrected chi connectivity index (χ1v) is 6.37. The zero-order chi connectivity index (χ0) is 14.5. The van der Waals surface area contributed by atoms with Crippen LogP contribution >= 0.6 is 0 Å². The summed E-state index contributed by atoms with van der Waals surface area (Å²) in [5, 5.41) is 19.1. The molecule has 0 unspecified atom stereocenters. The molecule has 0 aliphatic carbocycles. The van der Waals surface area contributed by atoms with Gasteiger partial charge >= 0.3 is 5.97 Å². The molecule has 0 atom stereocenters. The van der Waals surface area contributed by atoms with Crippen molar-refractivity contribution in [2.24, 2.45) is 7.05 Å². The summed E-state index contributed by atoms with van der Waals surface area (Å²) in [4.78, 5) is 22.3. The number of fused-ring (bicyclic) bond motifs is 1. The minimum absolute atomic E-state index is 0.126. The lowest BCUT2D eigenvalue weighted by Gasteiger charge is -2.04. The molecule has 1 heterocycles. The number of unbranched alkanes of at least 4 members (excludes halogenated alkanes) is 1. The Morgan fingerprint density at radius 2 is 2.15 bits per heavy atom. The van der Waals surface area contributed by atoms with E-state index in [9.17, 15) is 9.59 Å². The Balaban J connectivity index is 1.89. The number of nitrogens with one attached hydrogen (secondary N) is 1. The second kappa shape index (κ2) is 6.14. The Labute approximate surface area is 115 Å². The quantitative estimate of drug-likeness (QED) is 0.766. The van der Waals surface area contributed by atoms with Crippen molar-refractivity contribution in [1.82, 2.24) is 20.3 Å². The lowest BCUT2D eigenvalue weighted by Crippen LogP contribution is -2.24. The van der Waals surface area contributed by atoms with E-state index >= 15 is 0 Å². The number of benzene rings is 1. The van der Waals surface area contributed by atoms with E-state index in [0.717, 1.165) is 5.52 Å². The number of hydrogen-bond donors (Lipinski definition) is 2. The Bertz CT molecular complexity index is 636. The first-order valence-electron chi connectivity index (χ1n) is 6.37. The summed E-state index contributed by atoms with van der Waals surface area (Å²) in [7, 11) is 1.79. The third kappa shape index (κ3) is 3.31. The third-order valence-electron chi connectivity index (χ3n) is 2.98. The van der Waals surface area contributed by atoms with Crippen molar-refractivity contribution in [3.63, 3.8) is 0 Å². The maximum Gasteiger partial charge on any atom is 0.303 e. The molecule has 106 valence electrons. The van der Waals surface area contributed by atoms with Gasteiger partial charge in [-0.15, -0.1) is 5.10 Å². The van der Waals surface area contributed by atoms with Crippen molar-refractivity contribution in [3.8, 4) is 0 Å². The van der Waals surface area contributed by atoms with Gasteiger partial charge in [-0.05, 0) is 31.0 Å². The van der Waals surface area contributed by atoms with Gasteiger partial charge in [-0.1, -0.05) is 5.21 Å². The van der Waals surface area contributed by atoms with Gasteiger partial charge in [0.2, 0.25) is 0 Å². The monoisotopic (exact) mass is 276 g/mol. The van der Waals surface area contributed by atoms with E-state index in [-0.39, 0.29) is 12.3 Å². The number of rotatable bonds is 6. The van der Waals surface area contributed by atoms with Crippen molar-refractivity contribution in [3.05, 3.63) is 23.8 Å². The zero-order valence-corrected chi connectivity index (χ0v) is 11.2. The van der Waals surface area contributed by atoms with Gasteiger partial charge in [-0.2, -0.15) is 0 Å². The number of nitrogens with zero attached hydrogens (tertiary/aromatic N) is 3. The fourth-order valence-corrected chi connectivity index (χ4v) is 1.89. The fraction of sp³-hybridized carbons (Fsp3) is 0.385. The summed E-state index contributed by atoms with van der Waals surface area (Å²) in [5.74, 6) is -1.00. The van der Waals surface area contributed by atoms with E-state index in [1.807, 2.05) is 0 Å². The van der Waals surface area contributed by atoms with Crippen LogP contribution in [-0.2, 0) is 11.8 Å². The van der Waals surface area contributed by atoms with Gasteiger partial charge in [0.15, 0.2) is 0 Å². The zero-order valence-electron chi connectivity index (χ0n) is 11.2. The Kier molecular flexibility index (Phi) is 4.29. The molecule has 1 aromatic heterocycles. The maximum atomic E-state index is 11.9. The molecule has 0 aliphatic rings. The van der Waals surface area contributed by atoms with Gasteiger partial charge in [0.05, 0.1) is 5.52 Å². The topological polar surface area (TPSA) is 97.1 Å². The Hall–Kier alpha value is -2.44. The summed E-state index contributed by atoms with van der Waals surface area (Å²) >= 11 is 0. The van der Waals surface area contributed by atoms with Crippen LogP contribution < -0.4 is 5.32 Å². The number of hydrogen-bond acceptors (Lipinski definition) is 4. The summed E-state index contributed by atoms with van der Waals surface area (Å²) < 4.78 is 1.64. The number of carboxylic acids is 1. The molecular weight excluding hydrogens is 260 g/mol. The molecule has 0 bridgehead atoms. The highest BCUT2D eigenvalue weighted by Crippen LogP contribution is 2.12. The molecule has 2 aromatic rings. The molecule has 7 nitrogen and oxygen atoms in total. The van der Waals surface area contributed by atoms with Crippen LogP contribution in [0.4, 0.5) is 0 Å². The largest absolute Gasteiger partial charge is 0.481 e. The summed E-state index contributed by atoms with van der Waals surface area (Å²) in [6.07, 6.45) is 1.33. The maximum absolute atomic E-state index is 11.9. The Morgan fingerprint density at radius 1 is 1.35 bits per heavy atom. The van der Waals surface area contributed by atoms with Crippen LogP contribution in [0, 0.1) is 0 Å². The second-order valence-corrected chi connectivity index (χ2v) is 4.52. The fourth-order valence-electron chi connectivity index (χ4n) is 1.89. The molecule has 1 aromatic carbocycles. The number of aromatic nitrogens is 3. The van der Waals surface area contributed by atoms with Crippen LogP contribution in [0.2, 0.25) is 0 Å². The number of aryl methyl sites for hydroxylation is 1. The van der Waals surface area contributed by atoms with Crippen molar-refractivity contribution in [2.75, 3.05) is 6.54 Å². The predicted octanol–water partition coefficient (Wildman–Crippen LogP) is 0.953. The van der Waals surface area contributed by atoms with Crippen LogP contribution in [0.5, 0.6) is 0 Å². The molecule has 1 amide bonds. The van der Waals surface area contributed by atoms with E-state index in [1.165, 1.54) is 0 Å². The van der Waals surface area contributed by atoms with E-state index in [0.29, 0.717) is 30.5 Å². The lowest BCUT2D eigenvalue weighted by atomic mass is 10.2. The minimum Gasteiger partial charge on any atom is -0.481 e. The van der Waals surface area contributed by atoms with Crippen LogP contribution in [0.1, 0.15) is 29.6 Å². The molecule has 0 aliphatic heterocycles. The summed E-state index contributed by atoms with van der Waals surface area (Å²) in [6, 6.07) is 5.21. The van der Waals surface area contributed by atoms with Gasteiger partial charge in [-0.25, -0.2) is 4.68 Å². The lowest BCUT2D eigenvalue weighted by molar-refractivity contribution is -0.137. The molecule has 20 heavy (non-hydrogen) atoms. The Morgan fingerprint density at radius 3 is 2.90 bits per heavy atom. The predicted molar refractivity (Wildman–Crippen MR) is 72.3 cm³/mol. The first-order chi connectivity index (χ1) is 9.58. The summed E-state index contributed by atoms with van der Waals surface area (Å²) in [6.45, 7) is 0.463. The molecule has 0 radical (unpaired) electrons. The number of carbonyl (C=O) groups excluding carboxylic acids is 1. The van der Waals surface area contributed by atoms with Crippen LogP contribution in [-0.4, -0.2) is 38.5 Å². The molecule has 0 spiro atoms. The van der Waals surface area contributed by atoms with Crippen LogP contribution in [0.15, 0.2) is 18.2 Å². The second-order valence-electron chi connectivity index (χ2n) is 4.52. The molecular formula is C13H16N4O3. The van der Waals surface area contributed by atoms with Gasteiger partial charge in [0.25, 0.3) is 5.91 Å². The van der Waals surface area contributed by atoms with Gasteiger partial charge < -0.3 is 10.4 Å². The van der Waals surface area contributed by atoms with E-state index in [2.05, 4.69) is 15.6 Å². The molecule has 0 saturated carbocycles. The van der Waals surface area contributed by atoms with E-state index in [4.69, 9.17) is 5.11 Å². The standard InChI is InChI=1S/C13H16N4O3/c1-17-11-6-5-9(8-10(11)15-16-17)13(20)14-7-3-2-4-12(18)19/h5-6,8H,2-4,7H2,1H3,(H,14,20)(H,18,19). The smallest absolute Gasteiger partial charge is 0.303 e. The van der Waals surface area contributed by atoms with E-state index in [1.54, 1.807) is 29.9 Å². The highest BCUT2D eigenvalue weighted by molar-refractivity contribution is 5.97. The molecule has 0 fully saturated rings. The number of amides is 1. The molecule has 2 rings (SSSR count). The third-order valence-corrected chi connectivity index (χ3v) is 2.98. The number of carboxylic acid groups (broad SMARTS) is 1. The molecule has 7 heteroatoms. The van der Waals surface area contributed by atoms with Gasteiger partial charge in [-0.3, -0.25) is 9.59 Å². The van der Waals surface area contributed by atoms with Crippen LogP contribution in [0.3, 0.4) is 0 Å².